The highest BCUT2D eigenvalue weighted by Gasteiger charge is 2.33. The second-order valence-electron chi connectivity index (χ2n) is 5.16. The van der Waals surface area contributed by atoms with Gasteiger partial charge in [0.25, 0.3) is 0 Å². The maximum atomic E-state index is 13.6. The third-order valence-electron chi connectivity index (χ3n) is 3.53. The quantitative estimate of drug-likeness (QED) is 0.819. The second kappa shape index (κ2) is 7.87. The van der Waals surface area contributed by atoms with E-state index in [0.29, 0.717) is 18.8 Å². The molecule has 2 atom stereocenters. The standard InChI is InChI=1S/C15H20BrFN2O2/c1-2-5-18-14-9-21-8-12(14)15(20)19-7-10-6-11(16)3-4-13(10)17/h3-4,6,12,14,18H,2,5,7-9H2,1H3,(H,19,20). The maximum absolute atomic E-state index is 13.6. The van der Waals surface area contributed by atoms with Crippen LogP contribution >= 0.6 is 15.9 Å². The minimum Gasteiger partial charge on any atom is -0.379 e. The molecule has 0 bridgehead atoms. The largest absolute Gasteiger partial charge is 0.379 e. The molecule has 0 saturated carbocycles. The van der Waals surface area contributed by atoms with Crippen molar-refractivity contribution in [3.8, 4) is 0 Å². The number of carbonyl (C=O) groups is 1. The van der Waals surface area contributed by atoms with E-state index >= 15 is 0 Å². The number of hydrogen-bond acceptors (Lipinski definition) is 3. The normalized spacial score (nSPS) is 21.5. The van der Waals surface area contributed by atoms with Crippen molar-refractivity contribution in [2.24, 2.45) is 5.92 Å². The number of benzene rings is 1. The summed E-state index contributed by atoms with van der Waals surface area (Å²) < 4.78 is 19.8. The molecule has 0 spiro atoms. The lowest BCUT2D eigenvalue weighted by molar-refractivity contribution is -0.125. The van der Waals surface area contributed by atoms with E-state index in [9.17, 15) is 9.18 Å². The van der Waals surface area contributed by atoms with Crippen LogP contribution in [-0.4, -0.2) is 31.7 Å². The van der Waals surface area contributed by atoms with E-state index < -0.39 is 0 Å². The maximum Gasteiger partial charge on any atom is 0.227 e. The van der Waals surface area contributed by atoms with E-state index in [2.05, 4.69) is 33.5 Å². The predicted octanol–water partition coefficient (Wildman–Crippen LogP) is 2.22. The molecule has 1 heterocycles. The Labute approximate surface area is 132 Å². The van der Waals surface area contributed by atoms with E-state index in [1.165, 1.54) is 6.07 Å². The smallest absolute Gasteiger partial charge is 0.227 e. The lowest BCUT2D eigenvalue weighted by Crippen LogP contribution is -2.44. The van der Waals surface area contributed by atoms with Gasteiger partial charge in [0.05, 0.1) is 19.1 Å². The summed E-state index contributed by atoms with van der Waals surface area (Å²) >= 11 is 3.30. The van der Waals surface area contributed by atoms with Crippen molar-refractivity contribution in [3.63, 3.8) is 0 Å². The number of halogens is 2. The lowest BCUT2D eigenvalue weighted by atomic mass is 10.0. The molecule has 2 N–H and O–H groups in total. The highest BCUT2D eigenvalue weighted by atomic mass is 79.9. The van der Waals surface area contributed by atoms with Crippen molar-refractivity contribution in [2.45, 2.75) is 25.9 Å². The minimum absolute atomic E-state index is 0.0392. The fourth-order valence-electron chi connectivity index (χ4n) is 2.34. The van der Waals surface area contributed by atoms with Gasteiger partial charge >= 0.3 is 0 Å². The average Bonchev–Trinajstić information content (AvgIpc) is 2.94. The van der Waals surface area contributed by atoms with Crippen LogP contribution in [0.15, 0.2) is 22.7 Å². The summed E-state index contributed by atoms with van der Waals surface area (Å²) in [5, 5.41) is 6.11. The summed E-state index contributed by atoms with van der Waals surface area (Å²) in [5.41, 5.74) is 0.467. The van der Waals surface area contributed by atoms with Gasteiger partial charge in [-0.1, -0.05) is 22.9 Å². The van der Waals surface area contributed by atoms with Crippen LogP contribution in [-0.2, 0) is 16.1 Å². The Kier molecular flexibility index (Phi) is 6.14. The monoisotopic (exact) mass is 358 g/mol. The zero-order valence-electron chi connectivity index (χ0n) is 12.0. The van der Waals surface area contributed by atoms with Gasteiger partial charge in [0.2, 0.25) is 5.91 Å². The minimum atomic E-state index is -0.318. The highest BCUT2D eigenvalue weighted by Crippen LogP contribution is 2.17. The first-order valence-corrected chi connectivity index (χ1v) is 7.94. The molecule has 1 aliphatic heterocycles. The van der Waals surface area contributed by atoms with Crippen molar-refractivity contribution < 1.29 is 13.9 Å². The number of nitrogens with one attached hydrogen (secondary N) is 2. The molecule has 1 fully saturated rings. The third-order valence-corrected chi connectivity index (χ3v) is 4.03. The number of carbonyl (C=O) groups excluding carboxylic acids is 1. The fraction of sp³-hybridized carbons (Fsp3) is 0.533. The van der Waals surface area contributed by atoms with Gasteiger partial charge in [-0.3, -0.25) is 4.79 Å². The molecule has 1 amide bonds. The molecule has 4 nitrogen and oxygen atoms in total. The van der Waals surface area contributed by atoms with Crippen molar-refractivity contribution in [1.29, 1.82) is 0 Å². The zero-order valence-corrected chi connectivity index (χ0v) is 13.6. The molecule has 0 aliphatic carbocycles. The van der Waals surface area contributed by atoms with Gasteiger partial charge in [-0.2, -0.15) is 0 Å². The van der Waals surface area contributed by atoms with Crippen LogP contribution in [0.25, 0.3) is 0 Å². The molecule has 6 heteroatoms. The predicted molar refractivity (Wildman–Crippen MR) is 82.3 cm³/mol. The van der Waals surface area contributed by atoms with E-state index in [0.717, 1.165) is 17.4 Å². The van der Waals surface area contributed by atoms with Crippen molar-refractivity contribution in [1.82, 2.24) is 10.6 Å². The Morgan fingerprint density at radius 2 is 2.29 bits per heavy atom. The SMILES string of the molecule is CCCNC1COCC1C(=O)NCc1cc(Br)ccc1F. The van der Waals surface area contributed by atoms with Crippen molar-refractivity contribution in [3.05, 3.63) is 34.1 Å². The van der Waals surface area contributed by atoms with Gasteiger partial charge in [0, 0.05) is 22.6 Å². The molecule has 116 valence electrons. The van der Waals surface area contributed by atoms with Crippen LogP contribution in [0.4, 0.5) is 4.39 Å². The molecule has 21 heavy (non-hydrogen) atoms. The Bertz CT molecular complexity index is 499. The van der Waals surface area contributed by atoms with Gasteiger partial charge in [-0.15, -0.1) is 0 Å². The van der Waals surface area contributed by atoms with Crippen LogP contribution < -0.4 is 10.6 Å². The summed E-state index contributed by atoms with van der Waals surface area (Å²) in [6.07, 6.45) is 1.01. The first kappa shape index (κ1) is 16.4. The van der Waals surface area contributed by atoms with Crippen molar-refractivity contribution in [2.75, 3.05) is 19.8 Å². The summed E-state index contributed by atoms with van der Waals surface area (Å²) in [6.45, 7) is 4.07. The Balaban J connectivity index is 1.90. The van der Waals surface area contributed by atoms with Gasteiger partial charge in [0.15, 0.2) is 0 Å². The molecular weight excluding hydrogens is 339 g/mol. The summed E-state index contributed by atoms with van der Waals surface area (Å²) in [7, 11) is 0. The van der Waals surface area contributed by atoms with Gasteiger partial charge in [0.1, 0.15) is 5.82 Å². The first-order valence-electron chi connectivity index (χ1n) is 7.14. The zero-order chi connectivity index (χ0) is 15.2. The Hall–Kier alpha value is -0.980. The van der Waals surface area contributed by atoms with Crippen LogP contribution in [0.2, 0.25) is 0 Å². The first-order chi connectivity index (χ1) is 10.1. The van der Waals surface area contributed by atoms with Crippen molar-refractivity contribution >= 4 is 21.8 Å². The van der Waals surface area contributed by atoms with Crippen LogP contribution in [0, 0.1) is 11.7 Å². The Morgan fingerprint density at radius 1 is 1.48 bits per heavy atom. The molecule has 1 aliphatic rings. The van der Waals surface area contributed by atoms with Crippen LogP contribution in [0.5, 0.6) is 0 Å². The second-order valence-corrected chi connectivity index (χ2v) is 6.07. The molecule has 1 aromatic rings. The van der Waals surface area contributed by atoms with E-state index in [1.807, 2.05) is 0 Å². The van der Waals surface area contributed by atoms with E-state index in [-0.39, 0.29) is 30.2 Å². The van der Waals surface area contributed by atoms with Gasteiger partial charge < -0.3 is 15.4 Å². The average molecular weight is 359 g/mol. The molecule has 1 aromatic carbocycles. The molecule has 1 saturated heterocycles. The van der Waals surface area contributed by atoms with E-state index in [1.54, 1.807) is 12.1 Å². The summed E-state index contributed by atoms with van der Waals surface area (Å²) in [5.74, 6) is -0.630. The number of hydrogen-bond donors (Lipinski definition) is 2. The number of rotatable bonds is 6. The van der Waals surface area contributed by atoms with Gasteiger partial charge in [-0.05, 0) is 31.2 Å². The summed E-state index contributed by atoms with van der Waals surface area (Å²) in [6, 6.07) is 4.73. The molecule has 2 unspecified atom stereocenters. The molecule has 2 rings (SSSR count). The molecule has 0 radical (unpaired) electrons. The van der Waals surface area contributed by atoms with Gasteiger partial charge in [-0.25, -0.2) is 4.39 Å². The number of amides is 1. The van der Waals surface area contributed by atoms with E-state index in [4.69, 9.17) is 4.74 Å². The fourth-order valence-corrected chi connectivity index (χ4v) is 2.74. The molecular formula is C15H20BrFN2O2. The van der Waals surface area contributed by atoms with Crippen LogP contribution in [0.3, 0.4) is 0 Å². The topological polar surface area (TPSA) is 50.4 Å². The summed E-state index contributed by atoms with van der Waals surface area (Å²) in [4.78, 5) is 12.2. The third kappa shape index (κ3) is 4.49. The molecule has 0 aromatic heterocycles. The lowest BCUT2D eigenvalue weighted by Gasteiger charge is -2.18. The Morgan fingerprint density at radius 3 is 3.05 bits per heavy atom. The van der Waals surface area contributed by atoms with Crippen LogP contribution in [0.1, 0.15) is 18.9 Å². The highest BCUT2D eigenvalue weighted by molar-refractivity contribution is 9.10. The number of ether oxygens (including phenoxy) is 1.